The van der Waals surface area contributed by atoms with Crippen LogP contribution in [0.15, 0.2) is 48.0 Å². The minimum Gasteiger partial charge on any atom is -0.507 e. The van der Waals surface area contributed by atoms with Gasteiger partial charge in [-0.3, -0.25) is 14.5 Å². The number of carbonyl (C=O) groups is 2. The Morgan fingerprint density at radius 3 is 2.24 bits per heavy atom. The number of hydrogen-bond acceptors (Lipinski definition) is 7. The number of ketones is 1. The number of nitrogens with zero attached hydrogens (tertiary/aromatic N) is 2. The zero-order valence-electron chi connectivity index (χ0n) is 23.0. The van der Waals surface area contributed by atoms with Crippen LogP contribution in [0.3, 0.4) is 0 Å². The molecule has 0 saturated carbocycles. The summed E-state index contributed by atoms with van der Waals surface area (Å²) < 4.78 is 16.1. The largest absolute Gasteiger partial charge is 0.507 e. The van der Waals surface area contributed by atoms with Gasteiger partial charge < -0.3 is 24.2 Å². The molecule has 8 nitrogen and oxygen atoms in total. The van der Waals surface area contributed by atoms with Gasteiger partial charge in [0.15, 0.2) is 11.5 Å². The lowest BCUT2D eigenvalue weighted by Gasteiger charge is -2.29. The molecule has 0 unspecified atom stereocenters. The van der Waals surface area contributed by atoms with Crippen LogP contribution in [0, 0.1) is 0 Å². The molecule has 2 saturated heterocycles. The van der Waals surface area contributed by atoms with Crippen LogP contribution in [0.5, 0.6) is 11.5 Å². The Balaban J connectivity index is 1.72. The molecule has 0 spiro atoms. The summed E-state index contributed by atoms with van der Waals surface area (Å²) in [4.78, 5) is 30.6. The number of ether oxygens (including phenoxy) is 3. The Morgan fingerprint density at radius 1 is 0.974 bits per heavy atom. The Labute approximate surface area is 224 Å². The maximum absolute atomic E-state index is 13.4. The van der Waals surface area contributed by atoms with Crippen LogP contribution >= 0.6 is 0 Å². The van der Waals surface area contributed by atoms with Crippen LogP contribution in [-0.2, 0) is 19.7 Å². The Bertz CT molecular complexity index is 1190. The predicted molar refractivity (Wildman–Crippen MR) is 146 cm³/mol. The summed E-state index contributed by atoms with van der Waals surface area (Å²) in [6, 6.07) is 12.2. The summed E-state index contributed by atoms with van der Waals surface area (Å²) in [5, 5.41) is 11.4. The highest BCUT2D eigenvalue weighted by Crippen LogP contribution is 2.41. The number of amides is 1. The van der Waals surface area contributed by atoms with Gasteiger partial charge in [-0.1, -0.05) is 45.0 Å². The fourth-order valence-corrected chi connectivity index (χ4v) is 5.05. The first-order chi connectivity index (χ1) is 18.2. The quantitative estimate of drug-likeness (QED) is 0.317. The molecule has 0 aromatic heterocycles. The maximum Gasteiger partial charge on any atom is 0.295 e. The lowest BCUT2D eigenvalue weighted by Crippen LogP contribution is -2.39. The van der Waals surface area contributed by atoms with Gasteiger partial charge >= 0.3 is 0 Å². The van der Waals surface area contributed by atoms with Crippen LogP contribution < -0.4 is 9.47 Å². The summed E-state index contributed by atoms with van der Waals surface area (Å²) in [5.41, 5.74) is 2.34. The highest BCUT2D eigenvalue weighted by Gasteiger charge is 2.46. The molecule has 204 valence electrons. The van der Waals surface area contributed by atoms with Gasteiger partial charge in [0.1, 0.15) is 5.76 Å². The van der Waals surface area contributed by atoms with Gasteiger partial charge in [-0.25, -0.2) is 0 Å². The zero-order valence-corrected chi connectivity index (χ0v) is 23.0. The number of benzene rings is 2. The second kappa shape index (κ2) is 11.6. The standard InChI is InChI=1S/C30H38N2O6/c1-30(2,3)22-10-7-20(8-11-22)26-25(27(33)21-9-12-23(36-4)24(19-21)37-5)28(34)29(35)32(26)14-6-13-31-15-17-38-18-16-31/h7-12,19,26,33H,6,13-18H2,1-5H3/t26-/m0/s1. The molecule has 2 heterocycles. The zero-order chi connectivity index (χ0) is 27.4. The van der Waals surface area contributed by atoms with Crippen molar-refractivity contribution < 1.29 is 28.9 Å². The number of morpholine rings is 1. The van der Waals surface area contributed by atoms with E-state index in [1.165, 1.54) is 14.2 Å². The molecule has 1 N–H and O–H groups in total. The normalized spacial score (nSPS) is 20.1. The SMILES string of the molecule is COc1ccc(C(O)=C2C(=O)C(=O)N(CCCN3CCOCC3)[C@H]2c2ccc(C(C)(C)C)cc2)cc1OC. The average molecular weight is 523 g/mol. The van der Waals surface area contributed by atoms with Gasteiger partial charge in [0.05, 0.1) is 39.0 Å². The number of carbonyl (C=O) groups excluding carboxylic acids is 2. The molecule has 2 aromatic carbocycles. The second-order valence-electron chi connectivity index (χ2n) is 10.7. The third kappa shape index (κ3) is 5.71. The minimum atomic E-state index is -0.693. The van der Waals surface area contributed by atoms with E-state index in [2.05, 4.69) is 25.7 Å². The molecule has 0 radical (unpaired) electrons. The molecule has 2 aliphatic rings. The van der Waals surface area contributed by atoms with Crippen LogP contribution in [0.25, 0.3) is 5.76 Å². The molecule has 0 aliphatic carbocycles. The van der Waals surface area contributed by atoms with Gasteiger partial charge in [-0.2, -0.15) is 0 Å². The number of hydrogen-bond donors (Lipinski definition) is 1. The molecule has 0 bridgehead atoms. The number of rotatable bonds is 8. The predicted octanol–water partition coefficient (Wildman–Crippen LogP) is 4.15. The fourth-order valence-electron chi connectivity index (χ4n) is 5.05. The van der Waals surface area contributed by atoms with E-state index in [0.29, 0.717) is 43.2 Å². The van der Waals surface area contributed by atoms with Crippen LogP contribution in [0.1, 0.15) is 49.9 Å². The summed E-state index contributed by atoms with van der Waals surface area (Å²) in [7, 11) is 3.03. The monoisotopic (exact) mass is 522 g/mol. The minimum absolute atomic E-state index is 0.0435. The average Bonchev–Trinajstić information content (AvgIpc) is 3.17. The van der Waals surface area contributed by atoms with Gasteiger partial charge in [-0.15, -0.1) is 0 Å². The molecule has 2 aliphatic heterocycles. The van der Waals surface area contributed by atoms with E-state index in [1.807, 2.05) is 24.3 Å². The van der Waals surface area contributed by atoms with Crippen molar-refractivity contribution in [1.29, 1.82) is 0 Å². The number of Topliss-reactive ketones (excluding diaryl/α,β-unsaturated/α-hetero) is 1. The number of likely N-dealkylation sites (tertiary alicyclic amines) is 1. The van der Waals surface area contributed by atoms with Crippen molar-refractivity contribution in [2.75, 3.05) is 53.6 Å². The molecule has 1 amide bonds. The van der Waals surface area contributed by atoms with Crippen LogP contribution in [0.4, 0.5) is 0 Å². The van der Waals surface area contributed by atoms with E-state index in [9.17, 15) is 14.7 Å². The second-order valence-corrected chi connectivity index (χ2v) is 10.7. The molecule has 1 atom stereocenters. The lowest BCUT2D eigenvalue weighted by molar-refractivity contribution is -0.140. The Morgan fingerprint density at radius 2 is 1.63 bits per heavy atom. The lowest BCUT2D eigenvalue weighted by atomic mass is 9.85. The number of aliphatic hydroxyl groups excluding tert-OH is 1. The fraction of sp³-hybridized carbons (Fsp3) is 0.467. The molecule has 2 aromatic rings. The molecule has 38 heavy (non-hydrogen) atoms. The molecular weight excluding hydrogens is 484 g/mol. The smallest absolute Gasteiger partial charge is 0.295 e. The van der Waals surface area contributed by atoms with Crippen molar-refractivity contribution in [2.24, 2.45) is 0 Å². The summed E-state index contributed by atoms with van der Waals surface area (Å²) in [6.45, 7) is 10.7. The van der Waals surface area contributed by atoms with E-state index < -0.39 is 17.7 Å². The van der Waals surface area contributed by atoms with E-state index in [4.69, 9.17) is 14.2 Å². The third-order valence-electron chi connectivity index (χ3n) is 7.27. The first-order valence-corrected chi connectivity index (χ1v) is 13.1. The van der Waals surface area contributed by atoms with Gasteiger partial charge in [0.2, 0.25) is 0 Å². The first-order valence-electron chi connectivity index (χ1n) is 13.1. The Kier molecular flexibility index (Phi) is 8.43. The maximum atomic E-state index is 13.4. The number of aliphatic hydroxyl groups is 1. The van der Waals surface area contributed by atoms with Gasteiger partial charge in [0.25, 0.3) is 11.7 Å². The molecule has 8 heteroatoms. The highest BCUT2D eigenvalue weighted by molar-refractivity contribution is 6.46. The molecule has 4 rings (SSSR count). The van der Waals surface area contributed by atoms with E-state index in [1.54, 1.807) is 23.1 Å². The molecular formula is C30H38N2O6. The van der Waals surface area contributed by atoms with E-state index in [0.717, 1.165) is 30.8 Å². The summed E-state index contributed by atoms with van der Waals surface area (Å²) in [5.74, 6) is -0.596. The Hall–Kier alpha value is -3.36. The van der Waals surface area contributed by atoms with Crippen molar-refractivity contribution in [1.82, 2.24) is 9.80 Å². The molecule has 2 fully saturated rings. The van der Waals surface area contributed by atoms with E-state index >= 15 is 0 Å². The van der Waals surface area contributed by atoms with Gasteiger partial charge in [-0.05, 0) is 41.2 Å². The number of methoxy groups -OCH3 is 2. The topological polar surface area (TPSA) is 88.5 Å². The van der Waals surface area contributed by atoms with Crippen molar-refractivity contribution >= 4 is 17.4 Å². The third-order valence-corrected chi connectivity index (χ3v) is 7.27. The summed E-state index contributed by atoms with van der Waals surface area (Å²) >= 11 is 0. The highest BCUT2D eigenvalue weighted by atomic mass is 16.5. The first kappa shape index (κ1) is 27.7. The van der Waals surface area contributed by atoms with Crippen molar-refractivity contribution in [3.8, 4) is 11.5 Å². The van der Waals surface area contributed by atoms with Crippen LogP contribution in [0.2, 0.25) is 0 Å². The van der Waals surface area contributed by atoms with Gasteiger partial charge in [0, 0.05) is 31.7 Å². The van der Waals surface area contributed by atoms with Crippen LogP contribution in [-0.4, -0.2) is 80.2 Å². The van der Waals surface area contributed by atoms with E-state index in [-0.39, 0.29) is 16.7 Å². The van der Waals surface area contributed by atoms with Crippen molar-refractivity contribution in [2.45, 2.75) is 38.6 Å². The summed E-state index contributed by atoms with van der Waals surface area (Å²) in [6.07, 6.45) is 0.708. The van der Waals surface area contributed by atoms with Crippen molar-refractivity contribution in [3.05, 3.63) is 64.7 Å². The van der Waals surface area contributed by atoms with Crippen molar-refractivity contribution in [3.63, 3.8) is 0 Å².